The summed E-state index contributed by atoms with van der Waals surface area (Å²) in [5.41, 5.74) is 1.04. The molecule has 4 rings (SSSR count). The first-order valence-electron chi connectivity index (χ1n) is 8.52. The number of hydrogen-bond donors (Lipinski definition) is 1. The van der Waals surface area contributed by atoms with Gasteiger partial charge in [0.05, 0.1) is 11.6 Å². The molecule has 1 N–H and O–H groups in total. The van der Waals surface area contributed by atoms with Crippen LogP contribution >= 0.6 is 11.6 Å². The van der Waals surface area contributed by atoms with Crippen LogP contribution in [0.5, 0.6) is 0 Å². The largest absolute Gasteiger partial charge is 0.507 e. The van der Waals surface area contributed by atoms with E-state index in [1.54, 1.807) is 61.5 Å². The maximum atomic E-state index is 12.9. The van der Waals surface area contributed by atoms with Gasteiger partial charge >= 0.3 is 5.91 Å². The number of aliphatic hydroxyl groups excluding tert-OH is 1. The fourth-order valence-corrected chi connectivity index (χ4v) is 3.38. The van der Waals surface area contributed by atoms with Crippen molar-refractivity contribution in [3.05, 3.63) is 88.1 Å². The van der Waals surface area contributed by atoms with E-state index in [0.717, 1.165) is 0 Å². The predicted octanol–water partition coefficient (Wildman–Crippen LogP) is 4.26. The van der Waals surface area contributed by atoms with Crippen molar-refractivity contribution in [3.63, 3.8) is 0 Å². The summed E-state index contributed by atoms with van der Waals surface area (Å²) in [6.07, 6.45) is 0. The van der Waals surface area contributed by atoms with Crippen LogP contribution in [0, 0.1) is 6.92 Å². The predicted molar refractivity (Wildman–Crippen MR) is 104 cm³/mol. The number of aromatic nitrogens is 1. The van der Waals surface area contributed by atoms with Crippen molar-refractivity contribution in [2.24, 2.45) is 0 Å². The third-order valence-corrected chi connectivity index (χ3v) is 4.79. The number of amides is 1. The van der Waals surface area contributed by atoms with Gasteiger partial charge in [-0.3, -0.25) is 14.5 Å². The van der Waals surface area contributed by atoms with Gasteiger partial charge in [0.15, 0.2) is 5.82 Å². The van der Waals surface area contributed by atoms with Crippen molar-refractivity contribution in [1.82, 2.24) is 5.16 Å². The standard InChI is InChI=1S/C21H15ClN2O4/c1-12-11-16(23-28-12)24-18(13-5-3-2-4-6-13)17(20(26)21(24)27)19(25)14-7-9-15(22)10-8-14/h2-11,18,25H,1H3/b19-17+. The monoisotopic (exact) mass is 394 g/mol. The minimum Gasteiger partial charge on any atom is -0.507 e. The summed E-state index contributed by atoms with van der Waals surface area (Å²) in [7, 11) is 0. The number of Topliss-reactive ketones (excluding diaryl/α,β-unsaturated/α-hetero) is 1. The van der Waals surface area contributed by atoms with E-state index in [1.165, 1.54) is 4.90 Å². The van der Waals surface area contributed by atoms with E-state index in [0.29, 0.717) is 21.9 Å². The molecule has 6 nitrogen and oxygen atoms in total. The molecular weight excluding hydrogens is 380 g/mol. The lowest BCUT2D eigenvalue weighted by molar-refractivity contribution is -0.132. The molecule has 0 radical (unpaired) electrons. The van der Waals surface area contributed by atoms with Crippen molar-refractivity contribution in [2.75, 3.05) is 4.90 Å². The molecule has 1 unspecified atom stereocenters. The molecule has 1 amide bonds. The molecule has 1 saturated heterocycles. The van der Waals surface area contributed by atoms with E-state index in [9.17, 15) is 14.7 Å². The van der Waals surface area contributed by atoms with Gasteiger partial charge in [-0.15, -0.1) is 0 Å². The Labute approximate surface area is 165 Å². The van der Waals surface area contributed by atoms with Crippen molar-refractivity contribution >= 4 is 34.9 Å². The summed E-state index contributed by atoms with van der Waals surface area (Å²) in [4.78, 5) is 26.9. The molecule has 1 aliphatic heterocycles. The first-order valence-corrected chi connectivity index (χ1v) is 8.90. The van der Waals surface area contributed by atoms with Crippen molar-refractivity contribution < 1.29 is 19.2 Å². The SMILES string of the molecule is Cc1cc(N2C(=O)C(=O)/C(=C(/O)c3ccc(Cl)cc3)C2c2ccccc2)no1. The maximum absolute atomic E-state index is 12.9. The molecule has 1 aromatic heterocycles. The zero-order valence-electron chi connectivity index (χ0n) is 14.8. The van der Waals surface area contributed by atoms with E-state index in [-0.39, 0.29) is 17.2 Å². The molecule has 7 heteroatoms. The van der Waals surface area contributed by atoms with Gasteiger partial charge < -0.3 is 9.63 Å². The van der Waals surface area contributed by atoms with Gasteiger partial charge in [-0.05, 0) is 36.8 Å². The summed E-state index contributed by atoms with van der Waals surface area (Å²) < 4.78 is 5.09. The molecule has 1 atom stereocenters. The molecule has 28 heavy (non-hydrogen) atoms. The Kier molecular flexibility index (Phi) is 4.49. The van der Waals surface area contributed by atoms with Crippen LogP contribution in [0.1, 0.15) is 22.9 Å². The van der Waals surface area contributed by atoms with Gasteiger partial charge in [-0.2, -0.15) is 0 Å². The summed E-state index contributed by atoms with van der Waals surface area (Å²) >= 11 is 5.91. The lowest BCUT2D eigenvalue weighted by Crippen LogP contribution is -2.29. The zero-order chi connectivity index (χ0) is 19.8. The number of nitrogens with zero attached hydrogens (tertiary/aromatic N) is 2. The quantitative estimate of drug-likeness (QED) is 0.407. The molecule has 0 spiro atoms. The molecular formula is C21H15ClN2O4. The van der Waals surface area contributed by atoms with E-state index < -0.39 is 17.7 Å². The van der Waals surface area contributed by atoms with Gasteiger partial charge in [-0.25, -0.2) is 0 Å². The lowest BCUT2D eigenvalue weighted by atomic mass is 9.95. The van der Waals surface area contributed by atoms with Crippen LogP contribution in [-0.4, -0.2) is 22.0 Å². The summed E-state index contributed by atoms with van der Waals surface area (Å²) in [6.45, 7) is 1.69. The highest BCUT2D eigenvalue weighted by Crippen LogP contribution is 2.41. The van der Waals surface area contributed by atoms with Crippen molar-refractivity contribution in [2.45, 2.75) is 13.0 Å². The molecule has 0 saturated carbocycles. The number of hydrogen-bond acceptors (Lipinski definition) is 5. The number of aryl methyl sites for hydroxylation is 1. The van der Waals surface area contributed by atoms with Crippen molar-refractivity contribution in [1.29, 1.82) is 0 Å². The average Bonchev–Trinajstić information content (AvgIpc) is 3.24. The molecule has 1 fully saturated rings. The highest BCUT2D eigenvalue weighted by Gasteiger charge is 2.48. The summed E-state index contributed by atoms with van der Waals surface area (Å²) in [6, 6.07) is 16.1. The maximum Gasteiger partial charge on any atom is 0.301 e. The number of ketones is 1. The molecule has 140 valence electrons. The van der Waals surface area contributed by atoms with E-state index in [2.05, 4.69) is 5.16 Å². The number of carbonyl (C=O) groups excluding carboxylic acids is 2. The van der Waals surface area contributed by atoms with Crippen LogP contribution in [0.2, 0.25) is 5.02 Å². The molecule has 0 bridgehead atoms. The Morgan fingerprint density at radius 3 is 2.39 bits per heavy atom. The third kappa shape index (κ3) is 2.97. The molecule has 3 aromatic rings. The highest BCUT2D eigenvalue weighted by molar-refractivity contribution is 6.51. The van der Waals surface area contributed by atoms with Crippen LogP contribution in [0.25, 0.3) is 5.76 Å². The number of rotatable bonds is 3. The van der Waals surface area contributed by atoms with Crippen molar-refractivity contribution in [3.8, 4) is 0 Å². The second-order valence-corrected chi connectivity index (χ2v) is 6.82. The number of halogens is 1. The van der Waals surface area contributed by atoms with Gasteiger partial charge in [0.25, 0.3) is 5.78 Å². The second kappa shape index (κ2) is 6.98. The topological polar surface area (TPSA) is 83.6 Å². The summed E-state index contributed by atoms with van der Waals surface area (Å²) in [5.74, 6) is -1.13. The molecule has 2 aromatic carbocycles. The van der Waals surface area contributed by atoms with Gasteiger partial charge in [-0.1, -0.05) is 47.1 Å². The summed E-state index contributed by atoms with van der Waals surface area (Å²) in [5, 5.41) is 15.3. The third-order valence-electron chi connectivity index (χ3n) is 4.54. The number of carbonyl (C=O) groups is 2. The Morgan fingerprint density at radius 2 is 1.79 bits per heavy atom. The molecule has 0 aliphatic carbocycles. The number of anilines is 1. The zero-order valence-corrected chi connectivity index (χ0v) is 15.6. The van der Waals surface area contributed by atoms with Gasteiger partial charge in [0.2, 0.25) is 0 Å². The smallest absolute Gasteiger partial charge is 0.301 e. The highest BCUT2D eigenvalue weighted by atomic mass is 35.5. The number of aliphatic hydroxyl groups is 1. The van der Waals surface area contributed by atoms with Gasteiger partial charge in [0.1, 0.15) is 11.5 Å². The van der Waals surface area contributed by atoms with Gasteiger partial charge in [0, 0.05) is 16.7 Å². The number of benzene rings is 2. The van der Waals surface area contributed by atoms with Crippen LogP contribution < -0.4 is 4.90 Å². The Morgan fingerprint density at radius 1 is 1.11 bits per heavy atom. The van der Waals surface area contributed by atoms with Crippen LogP contribution in [-0.2, 0) is 9.59 Å². The second-order valence-electron chi connectivity index (χ2n) is 6.38. The average molecular weight is 395 g/mol. The van der Waals surface area contributed by atoms with E-state index >= 15 is 0 Å². The Balaban J connectivity index is 1.93. The first-order chi connectivity index (χ1) is 13.5. The minimum absolute atomic E-state index is 0.0147. The van der Waals surface area contributed by atoms with Crippen LogP contribution in [0.3, 0.4) is 0 Å². The Hall–Kier alpha value is -3.38. The normalized spacial score (nSPS) is 18.6. The Bertz CT molecular complexity index is 1090. The van der Waals surface area contributed by atoms with Crippen LogP contribution in [0.15, 0.2) is 70.8 Å². The lowest BCUT2D eigenvalue weighted by Gasteiger charge is -2.22. The molecule has 2 heterocycles. The fraction of sp³-hybridized carbons (Fsp3) is 0.0952. The van der Waals surface area contributed by atoms with E-state index in [4.69, 9.17) is 16.1 Å². The minimum atomic E-state index is -0.832. The fourth-order valence-electron chi connectivity index (χ4n) is 3.25. The van der Waals surface area contributed by atoms with E-state index in [1.807, 2.05) is 6.07 Å². The van der Waals surface area contributed by atoms with Crippen LogP contribution in [0.4, 0.5) is 5.82 Å². The molecule has 1 aliphatic rings. The first kappa shape index (κ1) is 18.0.